The fourth-order valence-electron chi connectivity index (χ4n) is 1.13. The van der Waals surface area contributed by atoms with Gasteiger partial charge in [-0.3, -0.25) is 9.59 Å². The van der Waals surface area contributed by atoms with Crippen LogP contribution in [-0.2, 0) is 23.9 Å². The topological polar surface area (TPSA) is 118 Å². The number of carboxylic acid groups (broad SMARTS) is 2. The van der Waals surface area contributed by atoms with Crippen molar-refractivity contribution in [2.24, 2.45) is 0 Å². The van der Waals surface area contributed by atoms with Crippen LogP contribution in [0.4, 0.5) is 26.3 Å². The number of rotatable bonds is 8. The Morgan fingerprint density at radius 2 is 1.04 bits per heavy atom. The Balaban J connectivity index is 4.93. The predicted octanol–water partition coefficient (Wildman–Crippen LogP) is 0.952. The second-order valence-electron chi connectivity index (χ2n) is 4.13. The van der Waals surface area contributed by atoms with E-state index in [4.69, 9.17) is 10.2 Å². The molecule has 0 aromatic carbocycles. The van der Waals surface area contributed by atoms with E-state index in [9.17, 15) is 45.5 Å². The molecule has 0 fully saturated rings. The van der Waals surface area contributed by atoms with Gasteiger partial charge in [-0.25, -0.2) is 35.9 Å². The summed E-state index contributed by atoms with van der Waals surface area (Å²) >= 11 is 0. The molecule has 0 saturated heterocycles. The normalized spacial score (nSPS) is 14.7. The summed E-state index contributed by atoms with van der Waals surface area (Å²) < 4.78 is 80.7. The van der Waals surface area contributed by atoms with Crippen LogP contribution in [-0.4, -0.2) is 58.3 Å². The minimum absolute atomic E-state index is 2.19. The smallest absolute Gasteiger partial charge is 0.354 e. The molecule has 13 heteroatoms. The number of ether oxygens (including phenoxy) is 1. The standard InChI is InChI=1S/C10H8F6O7/c11-5(9(13,14)1-3(17)18)7(21)23-8(22)6(12)10(15,16)2-4(19)20/h5-6H,1-2H2,(H,17,18)(H,19,20). The number of esters is 2. The lowest BCUT2D eigenvalue weighted by Crippen LogP contribution is -2.44. The van der Waals surface area contributed by atoms with Crippen molar-refractivity contribution in [3.63, 3.8) is 0 Å². The van der Waals surface area contributed by atoms with Gasteiger partial charge in [0.25, 0.3) is 24.2 Å². The third-order valence-electron chi connectivity index (χ3n) is 2.13. The molecule has 0 amide bonds. The van der Waals surface area contributed by atoms with E-state index in [1.807, 2.05) is 0 Å². The van der Waals surface area contributed by atoms with Crippen LogP contribution in [0.5, 0.6) is 0 Å². The van der Waals surface area contributed by atoms with Gasteiger partial charge < -0.3 is 14.9 Å². The molecule has 23 heavy (non-hydrogen) atoms. The number of alkyl halides is 6. The van der Waals surface area contributed by atoms with Gasteiger partial charge in [0.2, 0.25) is 0 Å². The van der Waals surface area contributed by atoms with Crippen LogP contribution in [0.2, 0.25) is 0 Å². The minimum atomic E-state index is -4.85. The molecule has 0 aromatic rings. The van der Waals surface area contributed by atoms with E-state index in [0.717, 1.165) is 0 Å². The lowest BCUT2D eigenvalue weighted by Gasteiger charge is -2.19. The Labute approximate surface area is 122 Å². The zero-order chi connectivity index (χ0) is 18.6. The summed E-state index contributed by atoms with van der Waals surface area (Å²) in [7, 11) is 0. The first-order valence-corrected chi connectivity index (χ1v) is 5.43. The average Bonchev–Trinajstić information content (AvgIpc) is 2.33. The highest BCUT2D eigenvalue weighted by molar-refractivity contribution is 5.91. The number of halogens is 6. The van der Waals surface area contributed by atoms with E-state index in [0.29, 0.717) is 0 Å². The summed E-state index contributed by atoms with van der Waals surface area (Å²) in [5.74, 6) is -19.7. The minimum Gasteiger partial charge on any atom is -0.481 e. The third kappa shape index (κ3) is 6.12. The maximum Gasteiger partial charge on any atom is 0.354 e. The molecule has 2 N–H and O–H groups in total. The molecule has 0 aliphatic heterocycles. The fraction of sp³-hybridized carbons (Fsp3) is 0.600. The molecule has 0 radical (unpaired) electrons. The van der Waals surface area contributed by atoms with Gasteiger partial charge in [0, 0.05) is 0 Å². The van der Waals surface area contributed by atoms with E-state index in [2.05, 4.69) is 4.74 Å². The zero-order valence-corrected chi connectivity index (χ0v) is 10.8. The van der Waals surface area contributed by atoms with E-state index < -0.39 is 60.9 Å². The molecular formula is C10H8F6O7. The largest absolute Gasteiger partial charge is 0.481 e. The highest BCUT2D eigenvalue weighted by Crippen LogP contribution is 2.29. The maximum absolute atomic E-state index is 13.0. The predicted molar refractivity (Wildman–Crippen MR) is 55.3 cm³/mol. The van der Waals surface area contributed by atoms with Gasteiger partial charge >= 0.3 is 23.9 Å². The molecule has 0 aliphatic carbocycles. The van der Waals surface area contributed by atoms with Gasteiger partial charge in [-0.1, -0.05) is 0 Å². The summed E-state index contributed by atoms with van der Waals surface area (Å²) in [6.45, 7) is 0. The summed E-state index contributed by atoms with van der Waals surface area (Å²) in [6, 6.07) is 0. The van der Waals surface area contributed by atoms with Crippen LogP contribution in [0.1, 0.15) is 12.8 Å². The van der Waals surface area contributed by atoms with Crippen molar-refractivity contribution in [3.8, 4) is 0 Å². The lowest BCUT2D eigenvalue weighted by atomic mass is 10.1. The Morgan fingerprint density at radius 1 is 0.783 bits per heavy atom. The molecule has 132 valence electrons. The fourth-order valence-corrected chi connectivity index (χ4v) is 1.13. The third-order valence-corrected chi connectivity index (χ3v) is 2.13. The van der Waals surface area contributed by atoms with Gasteiger partial charge in [0.1, 0.15) is 12.8 Å². The number of carboxylic acids is 2. The highest BCUT2D eigenvalue weighted by atomic mass is 19.3. The average molecular weight is 354 g/mol. The number of carbonyl (C=O) groups is 4. The molecule has 0 bridgehead atoms. The van der Waals surface area contributed by atoms with Crippen LogP contribution in [0.3, 0.4) is 0 Å². The van der Waals surface area contributed by atoms with Crippen molar-refractivity contribution in [2.45, 2.75) is 37.0 Å². The number of hydrogen-bond acceptors (Lipinski definition) is 5. The zero-order valence-electron chi connectivity index (χ0n) is 10.8. The molecule has 0 rings (SSSR count). The summed E-state index contributed by atoms with van der Waals surface area (Å²) in [6.07, 6.45) is -12.5. The molecular weight excluding hydrogens is 346 g/mol. The summed E-state index contributed by atoms with van der Waals surface area (Å²) in [5.41, 5.74) is 0. The Bertz CT molecular complexity index is 462. The molecule has 2 unspecified atom stereocenters. The molecule has 0 aliphatic rings. The van der Waals surface area contributed by atoms with Crippen molar-refractivity contribution < 1.29 is 60.5 Å². The lowest BCUT2D eigenvalue weighted by molar-refractivity contribution is -0.185. The van der Waals surface area contributed by atoms with Crippen LogP contribution in [0.15, 0.2) is 0 Å². The maximum atomic E-state index is 13.0. The number of hydrogen-bond donors (Lipinski definition) is 2. The van der Waals surface area contributed by atoms with Crippen LogP contribution in [0, 0.1) is 0 Å². The monoisotopic (exact) mass is 354 g/mol. The summed E-state index contributed by atoms with van der Waals surface area (Å²) in [5, 5.41) is 16.1. The molecule has 7 nitrogen and oxygen atoms in total. The van der Waals surface area contributed by atoms with E-state index in [1.165, 1.54) is 0 Å². The van der Waals surface area contributed by atoms with Crippen molar-refractivity contribution >= 4 is 23.9 Å². The first kappa shape index (κ1) is 20.7. The Morgan fingerprint density at radius 3 is 1.26 bits per heavy atom. The van der Waals surface area contributed by atoms with Crippen LogP contribution in [0.25, 0.3) is 0 Å². The van der Waals surface area contributed by atoms with Crippen LogP contribution >= 0.6 is 0 Å². The van der Waals surface area contributed by atoms with E-state index in [-0.39, 0.29) is 0 Å². The van der Waals surface area contributed by atoms with E-state index >= 15 is 0 Å². The highest BCUT2D eigenvalue weighted by Gasteiger charge is 2.52. The summed E-state index contributed by atoms with van der Waals surface area (Å²) in [4.78, 5) is 41.7. The SMILES string of the molecule is O=C(O)CC(F)(F)C(F)C(=O)OC(=O)C(F)C(F)(F)CC(=O)O. The molecule has 0 aromatic heterocycles. The first-order valence-electron chi connectivity index (χ1n) is 5.43. The second-order valence-corrected chi connectivity index (χ2v) is 4.13. The molecule has 0 heterocycles. The van der Waals surface area contributed by atoms with Gasteiger partial charge in [0.15, 0.2) is 0 Å². The molecule has 2 atom stereocenters. The Hall–Kier alpha value is -2.34. The first-order chi connectivity index (χ1) is 10.2. The second kappa shape index (κ2) is 7.28. The van der Waals surface area contributed by atoms with Gasteiger partial charge in [0.05, 0.1) is 0 Å². The van der Waals surface area contributed by atoms with Crippen molar-refractivity contribution in [1.82, 2.24) is 0 Å². The quantitative estimate of drug-likeness (QED) is 0.378. The number of aliphatic carboxylic acids is 2. The van der Waals surface area contributed by atoms with Crippen molar-refractivity contribution in [1.29, 1.82) is 0 Å². The van der Waals surface area contributed by atoms with Gasteiger partial charge in [-0.2, -0.15) is 0 Å². The van der Waals surface area contributed by atoms with E-state index in [1.54, 1.807) is 0 Å². The van der Waals surface area contributed by atoms with Gasteiger partial charge in [-0.05, 0) is 0 Å². The Kier molecular flexibility index (Phi) is 6.54. The number of carbonyl (C=O) groups excluding carboxylic acids is 2. The van der Waals surface area contributed by atoms with Crippen LogP contribution < -0.4 is 0 Å². The molecule has 0 spiro atoms. The van der Waals surface area contributed by atoms with Crippen molar-refractivity contribution in [2.75, 3.05) is 0 Å². The molecule has 0 saturated carbocycles. The van der Waals surface area contributed by atoms with Crippen molar-refractivity contribution in [3.05, 3.63) is 0 Å². The van der Waals surface area contributed by atoms with Gasteiger partial charge in [-0.15, -0.1) is 0 Å².